The van der Waals surface area contributed by atoms with E-state index in [9.17, 15) is 48.2 Å². The van der Waals surface area contributed by atoms with Crippen molar-refractivity contribution >= 4 is 41.0 Å². The van der Waals surface area contributed by atoms with Gasteiger partial charge in [-0.15, -0.1) is 11.8 Å². The fraction of sp³-hybridized carbons (Fsp3) is 0.706. The minimum absolute atomic E-state index is 0.276. The van der Waals surface area contributed by atoms with E-state index in [1.165, 1.54) is 24.0 Å². The number of aromatic nitrogens is 2. The number of nitrogens with two attached hydrogens (primary N) is 1. The van der Waals surface area contributed by atoms with Crippen LogP contribution in [-0.4, -0.2) is 88.4 Å². The summed E-state index contributed by atoms with van der Waals surface area (Å²) in [5.74, 6) is -0.666. The summed E-state index contributed by atoms with van der Waals surface area (Å²) in [4.78, 5) is 56.0. The van der Waals surface area contributed by atoms with E-state index in [0.29, 0.717) is 10.8 Å². The fourth-order valence-corrected chi connectivity index (χ4v) is 8.01. The molecule has 0 aliphatic carbocycles. The van der Waals surface area contributed by atoms with Crippen molar-refractivity contribution in [2.75, 3.05) is 18.5 Å². The Hall–Kier alpha value is -1.01. The van der Waals surface area contributed by atoms with Crippen LogP contribution in [0.3, 0.4) is 0 Å². The largest absolute Gasteiger partial charge is 0.488 e. The van der Waals surface area contributed by atoms with Crippen molar-refractivity contribution in [2.24, 2.45) is 5.73 Å². The molecule has 0 radical (unpaired) electrons. The van der Waals surface area contributed by atoms with Crippen LogP contribution in [0.2, 0.25) is 0 Å². The van der Waals surface area contributed by atoms with Gasteiger partial charge in [-0.05, 0) is 31.1 Å². The Labute approximate surface area is 225 Å². The van der Waals surface area contributed by atoms with E-state index in [0.717, 1.165) is 11.0 Å². The molecule has 2 rings (SSSR count). The predicted octanol–water partition coefficient (Wildman–Crippen LogP) is -0.00730. The summed E-state index contributed by atoms with van der Waals surface area (Å²) in [5.41, 5.74) is 4.44. The topological polar surface area (TPSA) is 287 Å². The van der Waals surface area contributed by atoms with Gasteiger partial charge in [0.05, 0.1) is 12.8 Å². The third-order valence-corrected chi connectivity index (χ3v) is 11.0. The van der Waals surface area contributed by atoms with Gasteiger partial charge < -0.3 is 40.5 Å². The summed E-state index contributed by atoms with van der Waals surface area (Å²) in [6, 6.07) is 0.127. The van der Waals surface area contributed by atoms with Crippen LogP contribution in [0, 0.1) is 0 Å². The number of rotatable bonds is 16. The molecular weight excluding hydrogens is 611 g/mol. The Balaban J connectivity index is 1.96. The number of phosphoric acid groups is 2. The lowest BCUT2D eigenvalue weighted by molar-refractivity contribution is -0.138. The zero-order valence-electron chi connectivity index (χ0n) is 20.4. The molecule has 0 amide bonds. The first-order valence-electron chi connectivity index (χ1n) is 11.2. The molecule has 1 aromatic rings. The molecule has 8 N–H and O–H groups in total. The number of carboxylic acids is 1. The number of aliphatic carboxylic acids is 1. The maximum absolute atomic E-state index is 12.3. The van der Waals surface area contributed by atoms with Crippen molar-refractivity contribution in [2.45, 2.75) is 61.8 Å². The average molecular weight is 641 g/mol. The summed E-state index contributed by atoms with van der Waals surface area (Å²) in [6.45, 7) is 0.942. The van der Waals surface area contributed by atoms with E-state index in [1.807, 2.05) is 6.92 Å². The number of hydrogen-bond acceptors (Lipinski definition) is 14. The zero-order chi connectivity index (χ0) is 29.6. The molecule has 0 spiro atoms. The van der Waals surface area contributed by atoms with Crippen LogP contribution in [0.1, 0.15) is 32.4 Å². The van der Waals surface area contributed by atoms with Gasteiger partial charge in [0.25, 0.3) is 0 Å². The number of phosphoric ester groups is 1. The van der Waals surface area contributed by atoms with E-state index in [4.69, 9.17) is 15.6 Å². The molecule has 1 aliphatic heterocycles. The molecule has 0 aromatic carbocycles. The van der Waals surface area contributed by atoms with Crippen LogP contribution in [0.4, 0.5) is 0 Å². The van der Waals surface area contributed by atoms with Gasteiger partial charge in [0.15, 0.2) is 6.23 Å². The highest BCUT2D eigenvalue weighted by molar-refractivity contribution is 7.99. The number of thioether (sulfide) groups is 1. The van der Waals surface area contributed by atoms with E-state index in [-0.39, 0.29) is 12.8 Å². The summed E-state index contributed by atoms with van der Waals surface area (Å²) in [7, 11) is -16.1. The number of aliphatic hydroxyl groups excluding tert-OH is 2. The van der Waals surface area contributed by atoms with E-state index >= 15 is 0 Å². The Morgan fingerprint density at radius 1 is 1.21 bits per heavy atom. The highest BCUT2D eigenvalue weighted by atomic mass is 32.2. The van der Waals surface area contributed by atoms with Crippen LogP contribution < -0.4 is 11.4 Å². The van der Waals surface area contributed by atoms with E-state index < -0.39 is 78.3 Å². The van der Waals surface area contributed by atoms with Gasteiger partial charge in [0.2, 0.25) is 0 Å². The van der Waals surface area contributed by atoms with Gasteiger partial charge >= 0.3 is 34.9 Å². The molecule has 8 atom stereocenters. The van der Waals surface area contributed by atoms with Crippen molar-refractivity contribution in [1.29, 1.82) is 0 Å². The lowest BCUT2D eigenvalue weighted by Gasteiger charge is -2.20. The fourth-order valence-electron chi connectivity index (χ4n) is 3.15. The van der Waals surface area contributed by atoms with Crippen molar-refractivity contribution in [3.63, 3.8) is 0 Å². The maximum Gasteiger partial charge on any atom is 0.488 e. The smallest absolute Gasteiger partial charge is 0.480 e. The van der Waals surface area contributed by atoms with Gasteiger partial charge in [-0.1, -0.05) is 6.92 Å². The first kappa shape index (κ1) is 34.2. The van der Waals surface area contributed by atoms with Crippen molar-refractivity contribution in [1.82, 2.24) is 9.55 Å². The van der Waals surface area contributed by atoms with Crippen LogP contribution in [0.25, 0.3) is 0 Å². The molecule has 1 fully saturated rings. The molecule has 1 saturated heterocycles. The van der Waals surface area contributed by atoms with Crippen LogP contribution in [0.15, 0.2) is 22.1 Å². The third kappa shape index (κ3) is 10.7. The number of carbonyl (C=O) groups is 1. The Morgan fingerprint density at radius 2 is 1.87 bits per heavy atom. The number of nitrogens with zero attached hydrogens (tertiary/aromatic N) is 2. The Bertz CT molecular complexity index is 1200. The molecule has 1 aliphatic rings. The third-order valence-electron chi connectivity index (χ3n) is 4.98. The first-order valence-corrected chi connectivity index (χ1v) is 17.0. The second-order valence-electron chi connectivity index (χ2n) is 8.19. The quantitative estimate of drug-likeness (QED) is 0.0709. The monoisotopic (exact) mass is 641 g/mol. The Morgan fingerprint density at radius 3 is 2.46 bits per heavy atom. The van der Waals surface area contributed by atoms with Crippen LogP contribution in [-0.2, 0) is 36.4 Å². The Kier molecular flexibility index (Phi) is 12.5. The van der Waals surface area contributed by atoms with E-state index in [2.05, 4.69) is 18.1 Å². The first-order chi connectivity index (χ1) is 18.0. The lowest BCUT2D eigenvalue weighted by atomic mass is 10.1. The van der Waals surface area contributed by atoms with Gasteiger partial charge in [-0.2, -0.15) is 9.29 Å². The number of carboxylic acid groups (broad SMARTS) is 1. The highest BCUT2D eigenvalue weighted by Gasteiger charge is 2.46. The standard InChI is InChI=1S/C17H30N3O15P3S/c1-2-8-39-12-5-6-20(17(25)19-12)15-14(22)13(21)11(33-15)9-32-37(28,29)35-38(30,31)34-36(26,27)7-3-4-10(18)16(23)24/h5-6,10-11,13-15,21-22H,2-4,7-9,18H2,1H3,(H,23,24)(H,26,27)(H,28,29)(H,30,31). The average Bonchev–Trinajstić information content (AvgIpc) is 3.08. The summed E-state index contributed by atoms with van der Waals surface area (Å²) < 4.78 is 55.0. The molecule has 224 valence electrons. The molecule has 39 heavy (non-hydrogen) atoms. The highest BCUT2D eigenvalue weighted by Crippen LogP contribution is 2.67. The molecule has 22 heteroatoms. The van der Waals surface area contributed by atoms with E-state index in [1.54, 1.807) is 0 Å². The number of aliphatic hydroxyl groups is 2. The molecule has 1 aromatic heterocycles. The van der Waals surface area contributed by atoms with Crippen LogP contribution >= 0.6 is 35.0 Å². The second kappa shape index (κ2) is 14.2. The minimum Gasteiger partial charge on any atom is -0.480 e. The molecular formula is C17H30N3O15P3S. The second-order valence-corrected chi connectivity index (χ2v) is 14.5. The minimum atomic E-state index is -5.69. The molecule has 0 saturated carbocycles. The predicted molar refractivity (Wildman–Crippen MR) is 133 cm³/mol. The van der Waals surface area contributed by atoms with Crippen molar-refractivity contribution < 1.29 is 66.4 Å². The van der Waals surface area contributed by atoms with Crippen LogP contribution in [0.5, 0.6) is 0 Å². The van der Waals surface area contributed by atoms with Crippen molar-refractivity contribution in [3.8, 4) is 0 Å². The lowest BCUT2D eigenvalue weighted by Crippen LogP contribution is -2.36. The van der Waals surface area contributed by atoms with Gasteiger partial charge in [-0.25, -0.2) is 18.2 Å². The molecule has 0 bridgehead atoms. The summed E-state index contributed by atoms with van der Waals surface area (Å²) in [6.07, 6.45) is -5.73. The molecule has 8 unspecified atom stereocenters. The summed E-state index contributed by atoms with van der Waals surface area (Å²) >= 11 is 1.33. The number of hydrogen-bond donors (Lipinski definition) is 7. The van der Waals surface area contributed by atoms with Crippen molar-refractivity contribution in [3.05, 3.63) is 22.7 Å². The normalized spacial score (nSPS) is 26.8. The maximum atomic E-state index is 12.3. The summed E-state index contributed by atoms with van der Waals surface area (Å²) in [5, 5.41) is 29.7. The van der Waals surface area contributed by atoms with Gasteiger partial charge in [-0.3, -0.25) is 18.5 Å². The molecule has 2 heterocycles. The SMILES string of the molecule is CCCSc1ccn(C2OC(COP(=O)(O)OP(=O)(O)OP(=O)(O)CCCC(N)C(=O)O)C(O)C2O)c(=O)n1. The molecule has 18 nitrogen and oxygen atoms in total. The zero-order valence-corrected chi connectivity index (χ0v) is 23.9. The van der Waals surface area contributed by atoms with Gasteiger partial charge in [0, 0.05) is 6.20 Å². The number of ether oxygens (including phenoxy) is 1. The van der Waals surface area contributed by atoms with Gasteiger partial charge in [0.1, 0.15) is 29.4 Å².